The molecule has 0 aromatic carbocycles. The second-order valence-electron chi connectivity index (χ2n) is 3.68. The first kappa shape index (κ1) is 16.2. The lowest BCUT2D eigenvalue weighted by Crippen LogP contribution is -2.35. The average molecular weight is 262 g/mol. The summed E-state index contributed by atoms with van der Waals surface area (Å²) in [6.45, 7) is 1.59. The first-order chi connectivity index (χ1) is 8.38. The van der Waals surface area contributed by atoms with Gasteiger partial charge < -0.3 is 24.4 Å². The predicted octanol–water partition coefficient (Wildman–Crippen LogP) is -0.410. The number of rotatable bonds is 8. The van der Waals surface area contributed by atoms with Crippen molar-refractivity contribution in [3.05, 3.63) is 0 Å². The molecule has 0 heterocycles. The lowest BCUT2D eigenvalue weighted by molar-refractivity contribution is -0.155. The van der Waals surface area contributed by atoms with E-state index in [1.807, 2.05) is 0 Å². The fraction of sp³-hybridized carbons (Fsp3) is 0.700. The van der Waals surface area contributed by atoms with Gasteiger partial charge in [0.05, 0.1) is 0 Å². The van der Waals surface area contributed by atoms with Crippen molar-refractivity contribution in [2.45, 2.75) is 13.0 Å². The number of ether oxygens (including phenoxy) is 2. The van der Waals surface area contributed by atoms with Crippen molar-refractivity contribution in [1.29, 1.82) is 0 Å². The number of likely N-dealkylation sites (N-methyl/N-ethyl adjacent to an activating group) is 2. The highest BCUT2D eigenvalue weighted by molar-refractivity contribution is 5.71. The van der Waals surface area contributed by atoms with Crippen LogP contribution in [0.4, 0.5) is 4.79 Å². The Kier molecular flexibility index (Phi) is 7.45. The van der Waals surface area contributed by atoms with Gasteiger partial charge in [-0.15, -0.1) is 0 Å². The van der Waals surface area contributed by atoms with Crippen molar-refractivity contribution >= 4 is 18.5 Å². The number of carbonyl (C=O) groups excluding carboxylic acids is 2. The maximum atomic E-state index is 11.4. The van der Waals surface area contributed by atoms with E-state index in [1.165, 1.54) is 23.8 Å². The molecular formula is C10H18N2O6. The number of carboxylic acid groups (broad SMARTS) is 1. The molecule has 104 valence electrons. The molecule has 0 aromatic rings. The minimum Gasteiger partial charge on any atom is -0.479 e. The molecule has 2 amide bonds. The number of carbonyl (C=O) groups is 3. The minimum absolute atomic E-state index is 0.308. The van der Waals surface area contributed by atoms with Crippen molar-refractivity contribution < 1.29 is 29.0 Å². The summed E-state index contributed by atoms with van der Waals surface area (Å²) in [6, 6.07) is 0. The van der Waals surface area contributed by atoms with E-state index >= 15 is 0 Å². The molecule has 8 nitrogen and oxygen atoms in total. The molecule has 0 saturated carbocycles. The van der Waals surface area contributed by atoms with Crippen LogP contribution in [-0.2, 0) is 19.1 Å². The van der Waals surface area contributed by atoms with Crippen LogP contribution in [0.25, 0.3) is 0 Å². The van der Waals surface area contributed by atoms with Crippen LogP contribution >= 0.6 is 0 Å². The van der Waals surface area contributed by atoms with E-state index in [2.05, 4.69) is 4.74 Å². The molecule has 0 radical (unpaired) electrons. The highest BCUT2D eigenvalue weighted by Gasteiger charge is 2.14. The summed E-state index contributed by atoms with van der Waals surface area (Å²) in [5.74, 6) is -1.13. The molecule has 0 aliphatic rings. The summed E-state index contributed by atoms with van der Waals surface area (Å²) in [6.07, 6.45) is -1.03. The van der Waals surface area contributed by atoms with Crippen molar-refractivity contribution in [2.75, 3.05) is 34.0 Å². The number of nitrogens with zero attached hydrogens (tertiary/aromatic N) is 2. The zero-order valence-corrected chi connectivity index (χ0v) is 10.7. The van der Waals surface area contributed by atoms with Crippen LogP contribution in [-0.4, -0.2) is 73.5 Å². The van der Waals surface area contributed by atoms with E-state index in [-0.39, 0.29) is 0 Å². The maximum absolute atomic E-state index is 11.4. The second-order valence-corrected chi connectivity index (χ2v) is 3.68. The molecule has 0 fully saturated rings. The topological polar surface area (TPSA) is 96.4 Å². The summed E-state index contributed by atoms with van der Waals surface area (Å²) >= 11 is 0. The molecule has 0 spiro atoms. The number of hydrogen-bond acceptors (Lipinski definition) is 5. The van der Waals surface area contributed by atoms with Gasteiger partial charge in [-0.3, -0.25) is 4.79 Å². The van der Waals surface area contributed by atoms with Crippen LogP contribution in [0.5, 0.6) is 0 Å². The van der Waals surface area contributed by atoms with E-state index in [0.29, 0.717) is 19.5 Å². The Hall–Kier alpha value is -1.83. The Bertz CT molecular complexity index is 296. The maximum Gasteiger partial charge on any atom is 0.411 e. The SMILES string of the molecule is CC(OCOC(=O)N(C)CCN(C)C=O)C(=O)O. The molecule has 1 N–H and O–H groups in total. The van der Waals surface area contributed by atoms with Crippen LogP contribution < -0.4 is 0 Å². The molecule has 0 aliphatic carbocycles. The molecular weight excluding hydrogens is 244 g/mol. The van der Waals surface area contributed by atoms with Gasteiger partial charge in [-0.25, -0.2) is 9.59 Å². The molecule has 0 aromatic heterocycles. The molecule has 0 saturated heterocycles. The number of amides is 2. The Morgan fingerprint density at radius 1 is 1.33 bits per heavy atom. The molecule has 18 heavy (non-hydrogen) atoms. The van der Waals surface area contributed by atoms with Crippen LogP contribution in [0, 0.1) is 0 Å². The van der Waals surface area contributed by atoms with E-state index < -0.39 is 25.0 Å². The minimum atomic E-state index is -1.13. The van der Waals surface area contributed by atoms with Gasteiger partial charge in [0.1, 0.15) is 0 Å². The van der Waals surface area contributed by atoms with Crippen molar-refractivity contribution in [3.63, 3.8) is 0 Å². The van der Waals surface area contributed by atoms with Crippen LogP contribution in [0.2, 0.25) is 0 Å². The largest absolute Gasteiger partial charge is 0.479 e. The number of aliphatic carboxylic acids is 1. The van der Waals surface area contributed by atoms with E-state index in [0.717, 1.165) is 0 Å². The van der Waals surface area contributed by atoms with E-state index in [1.54, 1.807) is 7.05 Å². The van der Waals surface area contributed by atoms with Gasteiger partial charge in [0.15, 0.2) is 12.9 Å². The van der Waals surface area contributed by atoms with Crippen LogP contribution in [0.3, 0.4) is 0 Å². The second kappa shape index (κ2) is 8.29. The molecule has 0 aliphatic heterocycles. The lowest BCUT2D eigenvalue weighted by atomic mass is 10.4. The monoisotopic (exact) mass is 262 g/mol. The summed E-state index contributed by atoms with van der Waals surface area (Å²) in [4.78, 5) is 34.7. The van der Waals surface area contributed by atoms with Gasteiger partial charge in [0, 0.05) is 27.2 Å². The average Bonchev–Trinajstić information content (AvgIpc) is 2.34. The van der Waals surface area contributed by atoms with Crippen molar-refractivity contribution in [2.24, 2.45) is 0 Å². The Morgan fingerprint density at radius 2 is 1.94 bits per heavy atom. The number of carboxylic acids is 1. The highest BCUT2D eigenvalue weighted by atomic mass is 16.7. The van der Waals surface area contributed by atoms with Crippen LogP contribution in [0.15, 0.2) is 0 Å². The van der Waals surface area contributed by atoms with Gasteiger partial charge in [-0.1, -0.05) is 0 Å². The first-order valence-corrected chi connectivity index (χ1v) is 5.26. The zero-order valence-electron chi connectivity index (χ0n) is 10.7. The van der Waals surface area contributed by atoms with Gasteiger partial charge in [0.25, 0.3) is 0 Å². The molecule has 0 rings (SSSR count). The third-order valence-corrected chi connectivity index (χ3v) is 2.13. The molecule has 0 bridgehead atoms. The standard InChI is InChI=1S/C10H18N2O6/c1-8(9(14)15)17-7-18-10(16)12(3)5-4-11(2)6-13/h6,8H,4-5,7H2,1-3H3,(H,14,15). The third-order valence-electron chi connectivity index (χ3n) is 2.13. The fourth-order valence-corrected chi connectivity index (χ4v) is 0.820. The van der Waals surface area contributed by atoms with Gasteiger partial charge in [-0.05, 0) is 6.92 Å². The molecule has 1 unspecified atom stereocenters. The predicted molar refractivity (Wildman–Crippen MR) is 60.9 cm³/mol. The Morgan fingerprint density at radius 3 is 2.44 bits per heavy atom. The summed E-state index contributed by atoms with van der Waals surface area (Å²) in [5.41, 5.74) is 0. The summed E-state index contributed by atoms with van der Waals surface area (Å²) in [7, 11) is 3.09. The first-order valence-electron chi connectivity index (χ1n) is 5.26. The smallest absolute Gasteiger partial charge is 0.411 e. The van der Waals surface area contributed by atoms with Crippen LogP contribution in [0.1, 0.15) is 6.92 Å². The van der Waals surface area contributed by atoms with Gasteiger partial charge in [-0.2, -0.15) is 0 Å². The van der Waals surface area contributed by atoms with Gasteiger partial charge in [0.2, 0.25) is 6.41 Å². The normalized spacial score (nSPS) is 11.5. The molecule has 1 atom stereocenters. The Labute approximate surface area is 105 Å². The summed E-state index contributed by atoms with van der Waals surface area (Å²) in [5, 5.41) is 8.51. The summed E-state index contributed by atoms with van der Waals surface area (Å²) < 4.78 is 9.42. The van der Waals surface area contributed by atoms with Crippen molar-refractivity contribution in [3.8, 4) is 0 Å². The number of hydrogen-bond donors (Lipinski definition) is 1. The van der Waals surface area contributed by atoms with Crippen molar-refractivity contribution in [1.82, 2.24) is 9.80 Å². The quantitative estimate of drug-likeness (QED) is 0.472. The van der Waals surface area contributed by atoms with E-state index in [4.69, 9.17) is 9.84 Å². The Balaban J connectivity index is 3.81. The van der Waals surface area contributed by atoms with E-state index in [9.17, 15) is 14.4 Å². The van der Waals surface area contributed by atoms with Gasteiger partial charge >= 0.3 is 12.1 Å². The molecule has 8 heteroatoms. The third kappa shape index (κ3) is 6.69. The fourth-order valence-electron chi connectivity index (χ4n) is 0.820. The zero-order chi connectivity index (χ0) is 14.1. The highest BCUT2D eigenvalue weighted by Crippen LogP contribution is 1.95. The lowest BCUT2D eigenvalue weighted by Gasteiger charge is -2.19.